The van der Waals surface area contributed by atoms with E-state index >= 15 is 0 Å². The molecular weight excluding hydrogens is 317 g/mol. The maximum Gasteiger partial charge on any atom is 0.213 e. The molecule has 2 atom stereocenters. The number of halogens is 1. The lowest BCUT2D eigenvalue weighted by Gasteiger charge is -2.24. The summed E-state index contributed by atoms with van der Waals surface area (Å²) in [6.45, 7) is 8.02. The predicted octanol–water partition coefficient (Wildman–Crippen LogP) is 3.87. The van der Waals surface area contributed by atoms with Crippen molar-refractivity contribution in [1.29, 1.82) is 0 Å². The van der Waals surface area contributed by atoms with Gasteiger partial charge in [0.15, 0.2) is 0 Å². The second-order valence-corrected chi connectivity index (χ2v) is 7.01. The highest BCUT2D eigenvalue weighted by Gasteiger charge is 2.29. The van der Waals surface area contributed by atoms with Crippen LogP contribution in [0.3, 0.4) is 0 Å². The molecule has 1 aliphatic heterocycles. The van der Waals surface area contributed by atoms with Crippen LogP contribution in [-0.2, 0) is 6.42 Å². The number of aromatic nitrogens is 2. The molecule has 3 heterocycles. The zero-order valence-electron chi connectivity index (χ0n) is 15.4. The van der Waals surface area contributed by atoms with Crippen molar-refractivity contribution in [3.05, 3.63) is 52.7 Å². The molecule has 0 bridgehead atoms. The summed E-state index contributed by atoms with van der Waals surface area (Å²) in [4.78, 5) is 11.1. The molecule has 25 heavy (non-hydrogen) atoms. The van der Waals surface area contributed by atoms with Gasteiger partial charge in [-0.05, 0) is 69.8 Å². The van der Waals surface area contributed by atoms with E-state index in [1.165, 1.54) is 11.6 Å². The fourth-order valence-corrected chi connectivity index (χ4v) is 3.77. The molecule has 0 spiro atoms. The summed E-state index contributed by atoms with van der Waals surface area (Å²) in [7, 11) is 1.55. The van der Waals surface area contributed by atoms with E-state index in [2.05, 4.69) is 27.0 Å². The van der Waals surface area contributed by atoms with Gasteiger partial charge in [-0.3, -0.25) is 9.88 Å². The molecule has 4 nitrogen and oxygen atoms in total. The fraction of sp³-hybridized carbons (Fsp3) is 0.500. The summed E-state index contributed by atoms with van der Waals surface area (Å²) >= 11 is 0. The highest BCUT2D eigenvalue weighted by atomic mass is 19.1. The summed E-state index contributed by atoms with van der Waals surface area (Å²) < 4.78 is 19.3. The van der Waals surface area contributed by atoms with Gasteiger partial charge in [0, 0.05) is 24.0 Å². The zero-order valence-corrected chi connectivity index (χ0v) is 15.4. The van der Waals surface area contributed by atoms with Gasteiger partial charge < -0.3 is 4.74 Å². The topological polar surface area (TPSA) is 38.2 Å². The molecule has 1 fully saturated rings. The average Bonchev–Trinajstić information content (AvgIpc) is 3.02. The molecule has 3 rings (SSSR count). The Kier molecular flexibility index (Phi) is 5.33. The highest BCUT2D eigenvalue weighted by Crippen LogP contribution is 2.30. The second-order valence-electron chi connectivity index (χ2n) is 7.01. The third kappa shape index (κ3) is 4.15. The van der Waals surface area contributed by atoms with Crippen LogP contribution in [0.5, 0.6) is 5.88 Å². The molecule has 2 aromatic rings. The van der Waals surface area contributed by atoms with Crippen molar-refractivity contribution >= 4 is 0 Å². The number of aryl methyl sites for hydroxylation is 2. The van der Waals surface area contributed by atoms with Gasteiger partial charge in [0.25, 0.3) is 0 Å². The zero-order chi connectivity index (χ0) is 18.0. The van der Waals surface area contributed by atoms with Gasteiger partial charge >= 0.3 is 0 Å². The van der Waals surface area contributed by atoms with E-state index in [1.54, 1.807) is 13.2 Å². The minimum absolute atomic E-state index is 0.0546. The van der Waals surface area contributed by atoms with E-state index in [-0.39, 0.29) is 11.9 Å². The second kappa shape index (κ2) is 7.48. The van der Waals surface area contributed by atoms with Crippen LogP contribution < -0.4 is 4.74 Å². The maximum absolute atomic E-state index is 14.2. The monoisotopic (exact) mass is 343 g/mol. The Hall–Kier alpha value is -2.01. The van der Waals surface area contributed by atoms with Crippen LogP contribution in [0.25, 0.3) is 0 Å². The molecule has 1 aliphatic rings. The van der Waals surface area contributed by atoms with E-state index in [9.17, 15) is 4.39 Å². The summed E-state index contributed by atoms with van der Waals surface area (Å²) in [5.41, 5.74) is 3.95. The standard InChI is InChI=1S/C20H26FN3O/c1-13-9-17(10-14(2)22-13)11-16-7-8-24(12-16)15(3)20-18(21)5-6-19(23-20)25-4/h5-6,9-10,15-16H,7-8,11-12H2,1-4H3/t15?,16-/m0/s1. The van der Waals surface area contributed by atoms with E-state index < -0.39 is 0 Å². The average molecular weight is 343 g/mol. The molecule has 134 valence electrons. The minimum Gasteiger partial charge on any atom is -0.481 e. The molecule has 0 radical (unpaired) electrons. The van der Waals surface area contributed by atoms with E-state index in [0.29, 0.717) is 17.5 Å². The molecular formula is C20H26FN3O. The largest absolute Gasteiger partial charge is 0.481 e. The van der Waals surface area contributed by atoms with Gasteiger partial charge in [-0.15, -0.1) is 0 Å². The number of hydrogen-bond donors (Lipinski definition) is 0. The Morgan fingerprint density at radius 3 is 2.64 bits per heavy atom. The Labute approximate surface area is 149 Å². The maximum atomic E-state index is 14.2. The minimum atomic E-state index is -0.267. The van der Waals surface area contributed by atoms with Crippen LogP contribution in [0.1, 0.15) is 42.0 Å². The third-order valence-electron chi connectivity index (χ3n) is 4.98. The Balaban J connectivity index is 1.68. The van der Waals surface area contributed by atoms with Crippen molar-refractivity contribution in [2.24, 2.45) is 5.92 Å². The van der Waals surface area contributed by atoms with Crippen molar-refractivity contribution in [2.75, 3.05) is 20.2 Å². The lowest BCUT2D eigenvalue weighted by atomic mass is 9.98. The van der Waals surface area contributed by atoms with Crippen LogP contribution in [0.2, 0.25) is 0 Å². The number of methoxy groups -OCH3 is 1. The van der Waals surface area contributed by atoms with E-state index in [4.69, 9.17) is 4.74 Å². The molecule has 0 amide bonds. The first-order valence-electron chi connectivity index (χ1n) is 8.85. The van der Waals surface area contributed by atoms with Crippen LogP contribution in [-0.4, -0.2) is 35.1 Å². The third-order valence-corrected chi connectivity index (χ3v) is 4.98. The number of hydrogen-bond acceptors (Lipinski definition) is 4. The fourth-order valence-electron chi connectivity index (χ4n) is 3.77. The number of rotatable bonds is 5. The first-order valence-corrected chi connectivity index (χ1v) is 8.85. The first-order chi connectivity index (χ1) is 12.0. The van der Waals surface area contributed by atoms with Crippen molar-refractivity contribution < 1.29 is 9.13 Å². The lowest BCUT2D eigenvalue weighted by Crippen LogP contribution is -2.26. The number of nitrogens with zero attached hydrogens (tertiary/aromatic N) is 3. The Morgan fingerprint density at radius 1 is 1.24 bits per heavy atom. The highest BCUT2D eigenvalue weighted by molar-refractivity contribution is 5.22. The number of ether oxygens (including phenoxy) is 1. The van der Waals surface area contributed by atoms with Gasteiger partial charge in [0.05, 0.1) is 18.8 Å². The van der Waals surface area contributed by atoms with Gasteiger partial charge in [0.1, 0.15) is 5.82 Å². The van der Waals surface area contributed by atoms with Crippen molar-refractivity contribution in [2.45, 2.75) is 39.7 Å². The Morgan fingerprint density at radius 2 is 1.96 bits per heavy atom. The Bertz CT molecular complexity index is 729. The lowest BCUT2D eigenvalue weighted by molar-refractivity contribution is 0.240. The smallest absolute Gasteiger partial charge is 0.213 e. The van der Waals surface area contributed by atoms with Gasteiger partial charge in [0.2, 0.25) is 5.88 Å². The molecule has 0 N–H and O–H groups in total. The molecule has 0 aromatic carbocycles. The molecule has 5 heteroatoms. The van der Waals surface area contributed by atoms with E-state index in [0.717, 1.165) is 37.3 Å². The summed E-state index contributed by atoms with van der Waals surface area (Å²) in [5.74, 6) is 0.774. The van der Waals surface area contributed by atoms with Gasteiger partial charge in [-0.1, -0.05) is 0 Å². The summed E-state index contributed by atoms with van der Waals surface area (Å²) in [6, 6.07) is 7.28. The predicted molar refractivity (Wildman–Crippen MR) is 96.3 cm³/mol. The molecule has 1 unspecified atom stereocenters. The molecule has 0 aliphatic carbocycles. The van der Waals surface area contributed by atoms with Gasteiger partial charge in [-0.2, -0.15) is 0 Å². The van der Waals surface area contributed by atoms with Crippen LogP contribution in [0, 0.1) is 25.6 Å². The van der Waals surface area contributed by atoms with E-state index in [1.807, 2.05) is 20.8 Å². The molecule has 0 saturated carbocycles. The SMILES string of the molecule is COc1ccc(F)c(C(C)N2CC[C@@H](Cc3cc(C)nc(C)c3)C2)n1. The number of likely N-dealkylation sites (tertiary alicyclic amines) is 1. The first kappa shape index (κ1) is 17.8. The number of pyridine rings is 2. The quantitative estimate of drug-likeness (QED) is 0.826. The molecule has 1 saturated heterocycles. The molecule has 2 aromatic heterocycles. The van der Waals surface area contributed by atoms with Gasteiger partial charge in [-0.25, -0.2) is 9.37 Å². The summed E-state index contributed by atoms with van der Waals surface area (Å²) in [6.07, 6.45) is 2.16. The van der Waals surface area contributed by atoms with Crippen molar-refractivity contribution in [1.82, 2.24) is 14.9 Å². The normalized spacial score (nSPS) is 19.2. The van der Waals surface area contributed by atoms with Crippen molar-refractivity contribution in [3.63, 3.8) is 0 Å². The van der Waals surface area contributed by atoms with Crippen LogP contribution >= 0.6 is 0 Å². The van der Waals surface area contributed by atoms with Crippen LogP contribution in [0.4, 0.5) is 4.39 Å². The van der Waals surface area contributed by atoms with Crippen LogP contribution in [0.15, 0.2) is 24.3 Å². The van der Waals surface area contributed by atoms with Crippen molar-refractivity contribution in [3.8, 4) is 5.88 Å². The summed E-state index contributed by atoms with van der Waals surface area (Å²) in [5, 5.41) is 0.